The maximum absolute atomic E-state index is 14.4. The Labute approximate surface area is 210 Å². The van der Waals surface area contributed by atoms with Crippen LogP contribution in [0, 0.1) is 11.7 Å². The van der Waals surface area contributed by atoms with Crippen LogP contribution in [0.5, 0.6) is 0 Å². The van der Waals surface area contributed by atoms with Crippen molar-refractivity contribution >= 4 is 34.2 Å². The Bertz CT molecular complexity index is 1310. The van der Waals surface area contributed by atoms with E-state index in [0.29, 0.717) is 31.2 Å². The van der Waals surface area contributed by atoms with E-state index in [9.17, 15) is 9.18 Å². The molecule has 0 aliphatic carbocycles. The number of amides is 1. The predicted octanol–water partition coefficient (Wildman–Crippen LogP) is 4.97. The average molecular weight is 493 g/mol. The van der Waals surface area contributed by atoms with Gasteiger partial charge in [-0.15, -0.1) is 0 Å². The summed E-state index contributed by atoms with van der Waals surface area (Å²) in [6.07, 6.45) is 4.70. The minimum Gasteiger partial charge on any atom is -0.444 e. The summed E-state index contributed by atoms with van der Waals surface area (Å²) in [5.41, 5.74) is 3.80. The number of nitrogens with zero attached hydrogens (tertiary/aromatic N) is 4. The van der Waals surface area contributed by atoms with Gasteiger partial charge in [-0.25, -0.2) is 19.2 Å². The summed E-state index contributed by atoms with van der Waals surface area (Å²) in [5, 5.41) is 4.21. The van der Waals surface area contributed by atoms with Crippen LogP contribution in [0.25, 0.3) is 16.6 Å². The van der Waals surface area contributed by atoms with Gasteiger partial charge in [-0.3, -0.25) is 0 Å². The Hall–Kier alpha value is -3.46. The van der Waals surface area contributed by atoms with Crippen molar-refractivity contribution < 1.29 is 13.9 Å². The van der Waals surface area contributed by atoms with Crippen molar-refractivity contribution in [1.82, 2.24) is 24.8 Å². The molecule has 4 heterocycles. The Morgan fingerprint density at radius 1 is 1.25 bits per heavy atom. The summed E-state index contributed by atoms with van der Waals surface area (Å²) in [4.78, 5) is 28.5. The molecule has 2 aliphatic heterocycles. The lowest BCUT2D eigenvalue weighted by Crippen LogP contribution is -2.44. The summed E-state index contributed by atoms with van der Waals surface area (Å²) >= 11 is 0. The van der Waals surface area contributed by atoms with Gasteiger partial charge in [-0.05, 0) is 82.0 Å². The summed E-state index contributed by atoms with van der Waals surface area (Å²) in [6, 6.07) is 7.16. The van der Waals surface area contributed by atoms with Crippen LogP contribution < -0.4 is 5.32 Å². The number of rotatable bonds is 5. The molecule has 1 fully saturated rings. The second-order valence-electron chi connectivity index (χ2n) is 10.8. The van der Waals surface area contributed by atoms with Gasteiger partial charge in [0.15, 0.2) is 0 Å². The molecule has 0 unspecified atom stereocenters. The molecule has 0 spiro atoms. The minimum atomic E-state index is -0.514. The average Bonchev–Trinajstić information content (AvgIpc) is 3.25. The van der Waals surface area contributed by atoms with E-state index in [1.165, 1.54) is 12.4 Å². The second kappa shape index (κ2) is 9.54. The van der Waals surface area contributed by atoms with Crippen LogP contribution >= 0.6 is 0 Å². The summed E-state index contributed by atoms with van der Waals surface area (Å²) in [7, 11) is 2.08. The minimum absolute atomic E-state index is 0.170. The lowest BCUT2D eigenvalue weighted by atomic mass is 9.92. The number of hydrogen-bond donors (Lipinski definition) is 2. The number of aromatic amines is 1. The Morgan fingerprint density at radius 3 is 2.75 bits per heavy atom. The molecule has 5 rings (SSSR count). The highest BCUT2D eigenvalue weighted by Crippen LogP contribution is 2.30. The maximum atomic E-state index is 14.4. The zero-order chi connectivity index (χ0) is 25.4. The second-order valence-corrected chi connectivity index (χ2v) is 10.8. The molecule has 9 heteroatoms. The summed E-state index contributed by atoms with van der Waals surface area (Å²) < 4.78 is 19.9. The molecule has 2 aliphatic rings. The standard InChI is InChI=1S/C27H33FN6O2/c1-27(2,3)36-26(35)34-9-7-18(8-10-34)23-13-21-24(29-16-30-25(21)32-23)31-20-5-6-22(28)19(12-20)11-17-14-33(4)15-17/h5-7,12-13,16-17H,8-11,14-15H2,1-4H3,(H2,29,30,31,32). The van der Waals surface area contributed by atoms with Crippen molar-refractivity contribution in [3.8, 4) is 0 Å². The Morgan fingerprint density at radius 2 is 2.06 bits per heavy atom. The van der Waals surface area contributed by atoms with Crippen LogP contribution in [0.4, 0.5) is 20.7 Å². The number of ether oxygens (including phenoxy) is 1. The third-order valence-corrected chi connectivity index (χ3v) is 6.59. The van der Waals surface area contributed by atoms with Crippen LogP contribution in [0.1, 0.15) is 38.4 Å². The normalized spacial score (nSPS) is 17.1. The first kappa shape index (κ1) is 24.2. The lowest BCUT2D eigenvalue weighted by molar-refractivity contribution is 0.0270. The number of benzene rings is 1. The van der Waals surface area contributed by atoms with Gasteiger partial charge in [-0.2, -0.15) is 0 Å². The van der Waals surface area contributed by atoms with Gasteiger partial charge in [0.1, 0.15) is 29.2 Å². The first-order valence-electron chi connectivity index (χ1n) is 12.4. The number of anilines is 2. The zero-order valence-electron chi connectivity index (χ0n) is 21.3. The molecule has 190 valence electrons. The van der Waals surface area contributed by atoms with Crippen LogP contribution in [-0.4, -0.2) is 69.7 Å². The smallest absolute Gasteiger partial charge is 0.410 e. The molecule has 0 saturated carbocycles. The first-order valence-corrected chi connectivity index (χ1v) is 12.4. The molecule has 8 nitrogen and oxygen atoms in total. The van der Waals surface area contributed by atoms with Gasteiger partial charge < -0.3 is 24.8 Å². The fourth-order valence-corrected chi connectivity index (χ4v) is 4.83. The van der Waals surface area contributed by atoms with Crippen molar-refractivity contribution in [2.75, 3.05) is 38.5 Å². The molecule has 36 heavy (non-hydrogen) atoms. The van der Waals surface area contributed by atoms with Gasteiger partial charge in [0, 0.05) is 37.6 Å². The molecule has 1 aromatic carbocycles. The topological polar surface area (TPSA) is 86.4 Å². The number of fused-ring (bicyclic) bond motifs is 1. The van der Waals surface area contributed by atoms with E-state index in [-0.39, 0.29) is 11.9 Å². The lowest BCUT2D eigenvalue weighted by Gasteiger charge is -2.36. The number of nitrogens with one attached hydrogen (secondary N) is 2. The van der Waals surface area contributed by atoms with E-state index in [1.54, 1.807) is 11.0 Å². The Kier molecular flexibility index (Phi) is 6.42. The van der Waals surface area contributed by atoms with Crippen molar-refractivity contribution in [2.24, 2.45) is 5.92 Å². The third kappa shape index (κ3) is 5.36. The van der Waals surface area contributed by atoms with E-state index < -0.39 is 5.60 Å². The number of likely N-dealkylation sites (tertiary alicyclic amines) is 1. The molecule has 2 aromatic heterocycles. The number of aromatic nitrogens is 3. The number of carbonyl (C=O) groups is 1. The highest BCUT2D eigenvalue weighted by molar-refractivity contribution is 5.92. The highest BCUT2D eigenvalue weighted by atomic mass is 19.1. The van der Waals surface area contributed by atoms with E-state index in [4.69, 9.17) is 4.74 Å². The monoisotopic (exact) mass is 492 g/mol. The van der Waals surface area contributed by atoms with Gasteiger partial charge >= 0.3 is 6.09 Å². The van der Waals surface area contributed by atoms with Gasteiger partial charge in [-0.1, -0.05) is 6.08 Å². The molecule has 3 aromatic rings. The number of H-pyrrole nitrogens is 1. The van der Waals surface area contributed by atoms with Crippen LogP contribution in [-0.2, 0) is 11.2 Å². The SMILES string of the molecule is CN1CC(Cc2cc(Nc3ncnc4[nH]c(C5=CCN(C(=O)OC(C)(C)C)CC5)cc34)ccc2F)C1. The van der Waals surface area contributed by atoms with Crippen molar-refractivity contribution in [1.29, 1.82) is 0 Å². The number of hydrogen-bond acceptors (Lipinski definition) is 6. The number of halogens is 1. The van der Waals surface area contributed by atoms with E-state index in [0.717, 1.165) is 53.1 Å². The highest BCUT2D eigenvalue weighted by Gasteiger charge is 2.25. The molecule has 0 bridgehead atoms. The van der Waals surface area contributed by atoms with Crippen LogP contribution in [0.3, 0.4) is 0 Å². The van der Waals surface area contributed by atoms with E-state index >= 15 is 0 Å². The van der Waals surface area contributed by atoms with E-state index in [2.05, 4.69) is 32.2 Å². The van der Waals surface area contributed by atoms with Gasteiger partial charge in [0.2, 0.25) is 0 Å². The molecule has 0 radical (unpaired) electrons. The van der Waals surface area contributed by atoms with E-state index in [1.807, 2.05) is 39.0 Å². The predicted molar refractivity (Wildman–Crippen MR) is 139 cm³/mol. The zero-order valence-corrected chi connectivity index (χ0v) is 21.3. The summed E-state index contributed by atoms with van der Waals surface area (Å²) in [6.45, 7) is 8.68. The fourth-order valence-electron chi connectivity index (χ4n) is 4.83. The number of carbonyl (C=O) groups excluding carboxylic acids is 1. The largest absolute Gasteiger partial charge is 0.444 e. The van der Waals surface area contributed by atoms with Crippen LogP contribution in [0.2, 0.25) is 0 Å². The van der Waals surface area contributed by atoms with Crippen molar-refractivity contribution in [3.63, 3.8) is 0 Å². The molecule has 1 amide bonds. The summed E-state index contributed by atoms with van der Waals surface area (Å²) in [5.74, 6) is 0.986. The molecule has 0 atom stereocenters. The van der Waals surface area contributed by atoms with Gasteiger partial charge in [0.05, 0.1) is 5.39 Å². The molecule has 1 saturated heterocycles. The Balaban J connectivity index is 1.32. The van der Waals surface area contributed by atoms with Crippen molar-refractivity contribution in [3.05, 3.63) is 53.7 Å². The fraction of sp³-hybridized carbons (Fsp3) is 0.444. The van der Waals surface area contributed by atoms with Gasteiger partial charge in [0.25, 0.3) is 0 Å². The molecular formula is C27H33FN6O2. The molecule has 2 N–H and O–H groups in total. The quantitative estimate of drug-likeness (QED) is 0.523. The maximum Gasteiger partial charge on any atom is 0.410 e. The van der Waals surface area contributed by atoms with Crippen LogP contribution in [0.15, 0.2) is 36.7 Å². The molecular weight excluding hydrogens is 459 g/mol. The third-order valence-electron chi connectivity index (χ3n) is 6.59. The first-order chi connectivity index (χ1) is 17.1. The van der Waals surface area contributed by atoms with Crippen molar-refractivity contribution in [2.45, 2.75) is 39.2 Å².